The molecule has 1 fully saturated rings. The Morgan fingerprint density at radius 1 is 1.24 bits per heavy atom. The fourth-order valence-corrected chi connectivity index (χ4v) is 3.20. The van der Waals surface area contributed by atoms with E-state index in [1.165, 1.54) is 25.7 Å². The normalized spacial score (nSPS) is 19.8. The van der Waals surface area contributed by atoms with Gasteiger partial charge in [0, 0.05) is 12.1 Å². The highest BCUT2D eigenvalue weighted by Crippen LogP contribution is 2.30. The predicted molar refractivity (Wildman–Crippen MR) is 85.9 cm³/mol. The first-order valence-electron chi connectivity index (χ1n) is 7.90. The highest BCUT2D eigenvalue weighted by molar-refractivity contribution is 5.42. The summed E-state index contributed by atoms with van der Waals surface area (Å²) in [5, 5.41) is 9.72. The van der Waals surface area contributed by atoms with E-state index >= 15 is 0 Å². The van der Waals surface area contributed by atoms with Crippen LogP contribution in [0.4, 0.5) is 0 Å². The number of ether oxygens (including phenoxy) is 1. The van der Waals surface area contributed by atoms with Crippen LogP contribution in [0.5, 0.6) is 11.5 Å². The molecule has 2 rings (SSSR count). The van der Waals surface area contributed by atoms with Gasteiger partial charge in [0.1, 0.15) is 0 Å². The Kier molecular flexibility index (Phi) is 5.48. The van der Waals surface area contributed by atoms with Gasteiger partial charge in [-0.1, -0.05) is 18.9 Å². The molecule has 3 N–H and O–H groups in total. The van der Waals surface area contributed by atoms with Crippen LogP contribution in [0, 0.1) is 0 Å². The number of hydrogen-bond donors (Lipinski definition) is 2. The van der Waals surface area contributed by atoms with Gasteiger partial charge in [-0.15, -0.1) is 0 Å². The van der Waals surface area contributed by atoms with Crippen LogP contribution in [0.25, 0.3) is 0 Å². The third-order valence-electron chi connectivity index (χ3n) is 4.64. The van der Waals surface area contributed by atoms with Crippen LogP contribution >= 0.6 is 0 Å². The minimum Gasteiger partial charge on any atom is -0.504 e. The largest absolute Gasteiger partial charge is 0.504 e. The average Bonchev–Trinajstić information content (AvgIpc) is 2.78. The van der Waals surface area contributed by atoms with Crippen molar-refractivity contribution in [1.82, 2.24) is 4.90 Å². The lowest BCUT2D eigenvalue weighted by Gasteiger charge is -2.40. The summed E-state index contributed by atoms with van der Waals surface area (Å²) in [5.41, 5.74) is 7.23. The fraction of sp³-hybridized carbons (Fsp3) is 0.647. The van der Waals surface area contributed by atoms with Gasteiger partial charge in [0.25, 0.3) is 0 Å². The molecule has 1 aromatic carbocycles. The molecule has 1 saturated heterocycles. The number of hydrogen-bond acceptors (Lipinski definition) is 4. The second-order valence-corrected chi connectivity index (χ2v) is 6.29. The second kappa shape index (κ2) is 7.14. The number of likely N-dealkylation sites (tertiary alicyclic amines) is 1. The summed E-state index contributed by atoms with van der Waals surface area (Å²) in [7, 11) is 1.58. The number of phenols is 1. The summed E-state index contributed by atoms with van der Waals surface area (Å²) in [5.74, 6) is 0.716. The van der Waals surface area contributed by atoms with Gasteiger partial charge in [-0.05, 0) is 57.0 Å². The van der Waals surface area contributed by atoms with E-state index in [-0.39, 0.29) is 11.3 Å². The molecule has 0 spiro atoms. The predicted octanol–water partition coefficient (Wildman–Crippen LogP) is 2.54. The van der Waals surface area contributed by atoms with Crippen molar-refractivity contribution in [3.63, 3.8) is 0 Å². The molecule has 0 amide bonds. The summed E-state index contributed by atoms with van der Waals surface area (Å²) in [6, 6.07) is 5.58. The van der Waals surface area contributed by atoms with Crippen molar-refractivity contribution in [3.05, 3.63) is 23.8 Å². The molecule has 1 unspecified atom stereocenters. The van der Waals surface area contributed by atoms with Crippen molar-refractivity contribution in [2.45, 2.75) is 44.6 Å². The van der Waals surface area contributed by atoms with E-state index in [4.69, 9.17) is 10.5 Å². The molecule has 1 aliphatic heterocycles. The quantitative estimate of drug-likeness (QED) is 0.875. The zero-order chi connectivity index (χ0) is 15.3. The number of phenolic OH excluding ortho intramolecular Hbond substituents is 1. The van der Waals surface area contributed by atoms with Crippen molar-refractivity contribution in [1.29, 1.82) is 0 Å². The zero-order valence-corrected chi connectivity index (χ0v) is 13.3. The summed E-state index contributed by atoms with van der Waals surface area (Å²) in [4.78, 5) is 2.54. The Morgan fingerprint density at radius 3 is 2.48 bits per heavy atom. The van der Waals surface area contributed by atoms with Gasteiger partial charge in [0.05, 0.1) is 7.11 Å². The highest BCUT2D eigenvalue weighted by atomic mass is 16.5. The molecule has 1 aliphatic rings. The molecule has 1 atom stereocenters. The van der Waals surface area contributed by atoms with Gasteiger partial charge in [-0.25, -0.2) is 0 Å². The third-order valence-corrected chi connectivity index (χ3v) is 4.64. The first kappa shape index (κ1) is 16.1. The number of nitrogens with zero attached hydrogens (tertiary/aromatic N) is 1. The number of aromatic hydroxyl groups is 1. The lowest BCUT2D eigenvalue weighted by Crippen LogP contribution is -2.53. The van der Waals surface area contributed by atoms with Gasteiger partial charge in [-0.2, -0.15) is 0 Å². The maximum atomic E-state index is 9.72. The van der Waals surface area contributed by atoms with E-state index in [0.717, 1.165) is 25.1 Å². The first-order chi connectivity index (χ1) is 10.1. The van der Waals surface area contributed by atoms with Crippen molar-refractivity contribution >= 4 is 0 Å². The minimum absolute atomic E-state index is 0.0354. The smallest absolute Gasteiger partial charge is 0.160 e. The second-order valence-electron chi connectivity index (χ2n) is 6.29. The van der Waals surface area contributed by atoms with Gasteiger partial charge < -0.3 is 15.6 Å². The maximum Gasteiger partial charge on any atom is 0.160 e. The summed E-state index contributed by atoms with van der Waals surface area (Å²) >= 11 is 0. The van der Waals surface area contributed by atoms with Crippen LogP contribution in [0.2, 0.25) is 0 Å². The van der Waals surface area contributed by atoms with Crippen molar-refractivity contribution in [3.8, 4) is 11.5 Å². The topological polar surface area (TPSA) is 58.7 Å². The van der Waals surface area contributed by atoms with Crippen LogP contribution < -0.4 is 10.5 Å². The van der Waals surface area contributed by atoms with Gasteiger partial charge >= 0.3 is 0 Å². The summed E-state index contributed by atoms with van der Waals surface area (Å²) in [6.45, 7) is 5.14. The van der Waals surface area contributed by atoms with E-state index in [2.05, 4.69) is 11.8 Å². The molecular formula is C17H28N2O2. The van der Waals surface area contributed by atoms with E-state index in [9.17, 15) is 5.11 Å². The minimum atomic E-state index is -0.0354. The van der Waals surface area contributed by atoms with E-state index < -0.39 is 0 Å². The molecule has 4 heteroatoms. The maximum absolute atomic E-state index is 9.72. The van der Waals surface area contributed by atoms with Crippen LogP contribution in [0.1, 0.15) is 38.2 Å². The van der Waals surface area contributed by atoms with Crippen LogP contribution in [0.3, 0.4) is 0 Å². The Morgan fingerprint density at radius 2 is 1.90 bits per heavy atom. The Labute approximate surface area is 127 Å². The van der Waals surface area contributed by atoms with E-state index in [1.807, 2.05) is 12.1 Å². The molecule has 0 aromatic heterocycles. The lowest BCUT2D eigenvalue weighted by molar-refractivity contribution is 0.114. The fourth-order valence-electron chi connectivity index (χ4n) is 3.20. The lowest BCUT2D eigenvalue weighted by atomic mass is 9.90. The zero-order valence-electron chi connectivity index (χ0n) is 13.3. The van der Waals surface area contributed by atoms with E-state index in [1.54, 1.807) is 13.2 Å². The number of nitrogens with two attached hydrogens (primary N) is 1. The molecule has 1 aromatic rings. The Hall–Kier alpha value is -1.26. The van der Waals surface area contributed by atoms with Crippen molar-refractivity contribution < 1.29 is 9.84 Å². The molecule has 1 heterocycles. The molecule has 0 saturated carbocycles. The number of benzene rings is 1. The molecule has 4 nitrogen and oxygen atoms in total. The average molecular weight is 292 g/mol. The summed E-state index contributed by atoms with van der Waals surface area (Å²) in [6.07, 6.45) is 6.04. The number of methoxy groups -OCH3 is 1. The summed E-state index contributed by atoms with van der Waals surface area (Å²) < 4.78 is 5.20. The van der Waals surface area contributed by atoms with Crippen LogP contribution in [-0.4, -0.2) is 42.3 Å². The Bertz CT molecular complexity index is 456. The molecule has 118 valence electrons. The van der Waals surface area contributed by atoms with Crippen LogP contribution in [0.15, 0.2) is 18.2 Å². The van der Waals surface area contributed by atoms with Gasteiger partial charge in [-0.3, -0.25) is 4.90 Å². The van der Waals surface area contributed by atoms with Crippen molar-refractivity contribution in [2.24, 2.45) is 5.73 Å². The highest BCUT2D eigenvalue weighted by Gasteiger charge is 2.31. The van der Waals surface area contributed by atoms with Crippen molar-refractivity contribution in [2.75, 3.05) is 26.7 Å². The molecule has 0 radical (unpaired) electrons. The molecule has 0 aliphatic carbocycles. The standard InChI is InChI=1S/C17H28N2O2/c1-17(13-18,19-9-5-3-4-6-10-19)12-14-7-8-15(20)16(11-14)21-2/h7-8,11,20H,3-6,9-10,12-13,18H2,1-2H3. The molecule has 0 bridgehead atoms. The monoisotopic (exact) mass is 292 g/mol. The van der Waals surface area contributed by atoms with Crippen LogP contribution in [-0.2, 0) is 6.42 Å². The molecule has 21 heavy (non-hydrogen) atoms. The van der Waals surface area contributed by atoms with Gasteiger partial charge in [0.2, 0.25) is 0 Å². The van der Waals surface area contributed by atoms with Gasteiger partial charge in [0.15, 0.2) is 11.5 Å². The molecular weight excluding hydrogens is 264 g/mol. The number of rotatable bonds is 5. The van der Waals surface area contributed by atoms with E-state index in [0.29, 0.717) is 12.3 Å². The first-order valence-corrected chi connectivity index (χ1v) is 7.90. The SMILES string of the molecule is COc1cc(CC(C)(CN)N2CCCCCC2)ccc1O. The third kappa shape index (κ3) is 3.89. The Balaban J connectivity index is 2.16.